The molecule has 0 amide bonds. The molecule has 2 heterocycles. The Morgan fingerprint density at radius 3 is 2.20 bits per heavy atom. The van der Waals surface area contributed by atoms with Gasteiger partial charge >= 0.3 is 5.97 Å². The number of anilines is 2. The van der Waals surface area contributed by atoms with Crippen LogP contribution in [-0.4, -0.2) is 75.2 Å². The number of aromatic nitrogens is 4. The van der Waals surface area contributed by atoms with Gasteiger partial charge in [-0.05, 0) is 36.2 Å². The van der Waals surface area contributed by atoms with Crippen LogP contribution in [0.5, 0.6) is 0 Å². The second-order valence-electron chi connectivity index (χ2n) is 9.08. The van der Waals surface area contributed by atoms with E-state index in [0.29, 0.717) is 28.5 Å². The first-order valence-corrected chi connectivity index (χ1v) is 13.9. The molecule has 14 heteroatoms. The lowest BCUT2D eigenvalue weighted by atomic mass is 9.97. The average Bonchev–Trinajstić information content (AvgIpc) is 2.86. The summed E-state index contributed by atoms with van der Waals surface area (Å²) < 4.78 is 38.6. The minimum Gasteiger partial charge on any atom is -0.481 e. The zero-order chi connectivity index (χ0) is 30.0. The average molecular weight is 577 g/mol. The van der Waals surface area contributed by atoms with Gasteiger partial charge in [0.05, 0.1) is 36.3 Å². The fraction of sp³-hybridized carbons (Fsp3) is 0.346. The molecule has 2 aromatic heterocycles. The van der Waals surface area contributed by atoms with Crippen molar-refractivity contribution in [2.45, 2.75) is 44.8 Å². The van der Waals surface area contributed by atoms with E-state index in [0.717, 1.165) is 10.6 Å². The third kappa shape index (κ3) is 9.94. The van der Waals surface area contributed by atoms with Crippen molar-refractivity contribution in [1.29, 1.82) is 0 Å². The molecule has 5 N–H and O–H groups in total. The van der Waals surface area contributed by atoms with Crippen molar-refractivity contribution in [2.24, 2.45) is 0 Å². The Morgan fingerprint density at radius 1 is 1.12 bits per heavy atom. The smallest absolute Gasteiger partial charge is 0.305 e. The molecule has 0 aliphatic carbocycles. The Kier molecular flexibility index (Phi) is 11.6. The summed E-state index contributed by atoms with van der Waals surface area (Å²) in [6.07, 6.45) is 4.06. The normalized spacial score (nSPS) is 13.0. The van der Waals surface area contributed by atoms with Crippen molar-refractivity contribution in [1.82, 2.24) is 19.9 Å². The number of aliphatic hydroxyl groups is 2. The fourth-order valence-electron chi connectivity index (χ4n) is 3.36. The van der Waals surface area contributed by atoms with Gasteiger partial charge in [0.2, 0.25) is 21.9 Å². The van der Waals surface area contributed by atoms with Gasteiger partial charge in [0.15, 0.2) is 0 Å². The van der Waals surface area contributed by atoms with Gasteiger partial charge < -0.3 is 21.1 Å². The maximum atomic E-state index is 13.5. The third-order valence-corrected chi connectivity index (χ3v) is 6.56. The Hall–Kier alpha value is -4.01. The number of carbonyl (C=O) groups is 1. The number of aliphatic hydroxyl groups excluding tert-OH is 2. The molecule has 216 valence electrons. The van der Waals surface area contributed by atoms with Crippen LogP contribution in [0.15, 0.2) is 48.8 Å². The molecule has 1 aromatic carbocycles. The monoisotopic (exact) mass is 576 g/mol. The molecule has 0 spiro atoms. The van der Waals surface area contributed by atoms with E-state index in [9.17, 15) is 27.8 Å². The highest BCUT2D eigenvalue weighted by Crippen LogP contribution is 2.31. The SMILES string of the molecule is CC(C)c1nc(N(C)S(C)(=O)=O)nc(-c2ccc(F)cc2)c1/C=C/[C@@H](O)C[C@@H](O)CC(=O)O.Nc1ncccn1. The van der Waals surface area contributed by atoms with Crippen LogP contribution in [0.25, 0.3) is 17.3 Å². The number of carboxylic acid groups (broad SMARTS) is 1. The molecule has 3 rings (SSSR count). The summed E-state index contributed by atoms with van der Waals surface area (Å²) >= 11 is 0. The van der Waals surface area contributed by atoms with Gasteiger partial charge in [-0.25, -0.2) is 37.0 Å². The van der Waals surface area contributed by atoms with Gasteiger partial charge in [0, 0.05) is 37.0 Å². The van der Waals surface area contributed by atoms with E-state index in [-0.39, 0.29) is 18.3 Å². The summed E-state index contributed by atoms with van der Waals surface area (Å²) in [6, 6.07) is 7.21. The lowest BCUT2D eigenvalue weighted by Gasteiger charge is -2.20. The van der Waals surface area contributed by atoms with E-state index in [2.05, 4.69) is 19.9 Å². The molecule has 12 nitrogen and oxygen atoms in total. The third-order valence-electron chi connectivity index (χ3n) is 5.40. The van der Waals surface area contributed by atoms with Crippen LogP contribution in [0.4, 0.5) is 16.3 Å². The highest BCUT2D eigenvalue weighted by molar-refractivity contribution is 7.92. The van der Waals surface area contributed by atoms with E-state index >= 15 is 0 Å². The summed E-state index contributed by atoms with van der Waals surface area (Å²) in [4.78, 5) is 26.9. The summed E-state index contributed by atoms with van der Waals surface area (Å²) in [6.45, 7) is 3.71. The van der Waals surface area contributed by atoms with Crippen molar-refractivity contribution < 1.29 is 32.9 Å². The Labute approximate surface area is 232 Å². The maximum Gasteiger partial charge on any atom is 0.305 e. The summed E-state index contributed by atoms with van der Waals surface area (Å²) in [5, 5.41) is 28.8. The molecule has 0 aliphatic rings. The second-order valence-corrected chi connectivity index (χ2v) is 11.1. The lowest BCUT2D eigenvalue weighted by Crippen LogP contribution is -2.27. The van der Waals surface area contributed by atoms with Crippen molar-refractivity contribution in [3.8, 4) is 11.3 Å². The fourth-order valence-corrected chi connectivity index (χ4v) is 3.73. The topological polar surface area (TPSA) is 193 Å². The quantitative estimate of drug-likeness (QED) is 0.277. The first-order valence-electron chi connectivity index (χ1n) is 12.1. The molecule has 0 saturated carbocycles. The van der Waals surface area contributed by atoms with Gasteiger partial charge in [-0.2, -0.15) is 0 Å². The van der Waals surface area contributed by atoms with E-state index in [1.165, 1.54) is 43.5 Å². The van der Waals surface area contributed by atoms with E-state index in [1.54, 1.807) is 18.5 Å². The molecule has 0 radical (unpaired) electrons. The van der Waals surface area contributed by atoms with Gasteiger partial charge in [0.25, 0.3) is 0 Å². The Morgan fingerprint density at radius 2 is 1.73 bits per heavy atom. The molecule has 2 atom stereocenters. The molecular formula is C26H33FN6O6S. The molecule has 0 aliphatic heterocycles. The molecule has 0 unspecified atom stereocenters. The largest absolute Gasteiger partial charge is 0.481 e. The predicted molar refractivity (Wildman–Crippen MR) is 149 cm³/mol. The van der Waals surface area contributed by atoms with Crippen molar-refractivity contribution in [2.75, 3.05) is 23.3 Å². The van der Waals surface area contributed by atoms with Crippen LogP contribution >= 0.6 is 0 Å². The lowest BCUT2D eigenvalue weighted by molar-refractivity contribution is -0.139. The first-order chi connectivity index (χ1) is 18.7. The first kappa shape index (κ1) is 32.2. The van der Waals surface area contributed by atoms with Crippen molar-refractivity contribution in [3.05, 3.63) is 65.9 Å². The number of rotatable bonds is 10. The molecule has 0 fully saturated rings. The standard InChI is InChI=1S/C22H28FN3O6S.C4H5N3/c1-13(2)20-18(10-9-16(27)11-17(28)12-19(29)30)21(14-5-7-15(23)8-6-14)25-22(24-20)26(3)33(4,31)32;5-4-6-2-1-3-7-4/h5-10,13,16-17,27-28H,11-12H2,1-4H3,(H,29,30);1-3H,(H2,5,6,7)/b10-9+;/t16-,17-;/m1./s1. The number of sulfonamides is 1. The molecule has 0 saturated heterocycles. The number of nitrogens with two attached hydrogens (primary N) is 1. The van der Waals surface area contributed by atoms with Crippen LogP contribution in [-0.2, 0) is 14.8 Å². The predicted octanol–water partition coefficient (Wildman–Crippen LogP) is 2.46. The molecule has 3 aromatic rings. The number of aliphatic carboxylic acids is 1. The number of nitrogens with zero attached hydrogens (tertiary/aromatic N) is 5. The van der Waals surface area contributed by atoms with Crippen molar-refractivity contribution in [3.63, 3.8) is 0 Å². The van der Waals surface area contributed by atoms with Crippen LogP contribution < -0.4 is 10.0 Å². The zero-order valence-electron chi connectivity index (χ0n) is 22.5. The van der Waals surface area contributed by atoms with Crippen molar-refractivity contribution >= 4 is 34.0 Å². The Balaban J connectivity index is 0.000000693. The second kappa shape index (κ2) is 14.4. The number of halogens is 1. The number of hydrogen-bond acceptors (Lipinski definition) is 10. The summed E-state index contributed by atoms with van der Waals surface area (Å²) in [5.74, 6) is -1.55. The summed E-state index contributed by atoms with van der Waals surface area (Å²) in [5.41, 5.74) is 6.94. The van der Waals surface area contributed by atoms with Gasteiger partial charge in [-0.15, -0.1) is 0 Å². The van der Waals surface area contributed by atoms with Crippen LogP contribution in [0.3, 0.4) is 0 Å². The Bertz CT molecular complexity index is 1410. The van der Waals surface area contributed by atoms with E-state index in [4.69, 9.17) is 10.8 Å². The molecular weight excluding hydrogens is 543 g/mol. The van der Waals surface area contributed by atoms with E-state index in [1.807, 2.05) is 13.8 Å². The number of benzene rings is 1. The van der Waals surface area contributed by atoms with Crippen LogP contribution in [0.2, 0.25) is 0 Å². The minimum atomic E-state index is -3.65. The molecule has 0 bridgehead atoms. The van der Waals surface area contributed by atoms with Gasteiger partial charge in [0.1, 0.15) is 5.82 Å². The van der Waals surface area contributed by atoms with E-state index < -0.39 is 40.4 Å². The van der Waals surface area contributed by atoms with Gasteiger partial charge in [-0.3, -0.25) is 4.79 Å². The maximum absolute atomic E-state index is 13.5. The highest BCUT2D eigenvalue weighted by Gasteiger charge is 2.22. The highest BCUT2D eigenvalue weighted by atomic mass is 32.2. The number of carboxylic acids is 1. The molecule has 40 heavy (non-hydrogen) atoms. The summed E-state index contributed by atoms with van der Waals surface area (Å²) in [7, 11) is -2.33. The van der Waals surface area contributed by atoms with Crippen LogP contribution in [0.1, 0.15) is 43.9 Å². The minimum absolute atomic E-state index is 0.0601. The zero-order valence-corrected chi connectivity index (χ0v) is 23.3. The van der Waals surface area contributed by atoms with Gasteiger partial charge in [-0.1, -0.05) is 26.0 Å². The number of hydrogen-bond donors (Lipinski definition) is 4. The number of nitrogen functional groups attached to an aromatic ring is 1. The van der Waals surface area contributed by atoms with Crippen LogP contribution in [0, 0.1) is 5.82 Å².